The Labute approximate surface area is 99.8 Å². The summed E-state index contributed by atoms with van der Waals surface area (Å²) in [7, 11) is 1.91. The van der Waals surface area contributed by atoms with Gasteiger partial charge in [0.1, 0.15) is 5.82 Å². The molecule has 15 heavy (non-hydrogen) atoms. The van der Waals surface area contributed by atoms with Crippen molar-refractivity contribution in [3.05, 3.63) is 34.6 Å². The minimum atomic E-state index is -0.340. The number of benzene rings is 1. The van der Waals surface area contributed by atoms with Crippen LogP contribution in [0.1, 0.15) is 12.5 Å². The van der Waals surface area contributed by atoms with Crippen molar-refractivity contribution in [2.75, 3.05) is 12.9 Å². The Morgan fingerprint density at radius 1 is 1.47 bits per heavy atom. The van der Waals surface area contributed by atoms with Crippen LogP contribution < -0.4 is 0 Å². The first-order chi connectivity index (χ1) is 7.06. The van der Waals surface area contributed by atoms with Gasteiger partial charge >= 0.3 is 0 Å². The van der Waals surface area contributed by atoms with Crippen LogP contribution in [0.4, 0.5) is 4.39 Å². The normalized spacial score (nSPS) is 13.2. The summed E-state index contributed by atoms with van der Waals surface area (Å²) >= 11 is 11.4. The molecule has 0 amide bonds. The monoisotopic (exact) mass is 249 g/mol. The molecule has 0 aliphatic heterocycles. The van der Waals surface area contributed by atoms with Crippen LogP contribution in [0.3, 0.4) is 0 Å². The van der Waals surface area contributed by atoms with E-state index in [0.717, 1.165) is 0 Å². The SMILES string of the molecule is CC(CCl)N(C)Cc1cccc(Cl)c1F. The second-order valence-electron chi connectivity index (χ2n) is 3.63. The van der Waals surface area contributed by atoms with Crippen molar-refractivity contribution >= 4 is 23.2 Å². The van der Waals surface area contributed by atoms with Crippen LogP contribution in [0.15, 0.2) is 18.2 Å². The highest BCUT2D eigenvalue weighted by Gasteiger charge is 2.12. The molecule has 0 saturated heterocycles. The van der Waals surface area contributed by atoms with Crippen molar-refractivity contribution in [3.63, 3.8) is 0 Å². The van der Waals surface area contributed by atoms with Crippen molar-refractivity contribution in [3.8, 4) is 0 Å². The molecule has 0 N–H and O–H groups in total. The zero-order valence-electron chi connectivity index (χ0n) is 8.80. The zero-order valence-corrected chi connectivity index (χ0v) is 10.3. The van der Waals surface area contributed by atoms with Gasteiger partial charge in [-0.15, -0.1) is 11.6 Å². The van der Waals surface area contributed by atoms with Gasteiger partial charge in [-0.1, -0.05) is 23.7 Å². The van der Waals surface area contributed by atoms with Gasteiger partial charge in [-0.2, -0.15) is 0 Å². The number of rotatable bonds is 4. The lowest BCUT2D eigenvalue weighted by Gasteiger charge is -2.22. The fourth-order valence-electron chi connectivity index (χ4n) is 1.21. The molecule has 0 saturated carbocycles. The minimum absolute atomic E-state index is 0.166. The average molecular weight is 250 g/mol. The van der Waals surface area contributed by atoms with E-state index >= 15 is 0 Å². The van der Waals surface area contributed by atoms with Gasteiger partial charge in [0.2, 0.25) is 0 Å². The van der Waals surface area contributed by atoms with Gasteiger partial charge in [0.05, 0.1) is 5.02 Å². The van der Waals surface area contributed by atoms with Crippen molar-refractivity contribution < 1.29 is 4.39 Å². The minimum Gasteiger partial charge on any atom is -0.298 e. The fourth-order valence-corrected chi connectivity index (χ4v) is 1.64. The zero-order chi connectivity index (χ0) is 11.4. The molecule has 0 bridgehead atoms. The van der Waals surface area contributed by atoms with Gasteiger partial charge in [0.15, 0.2) is 0 Å². The van der Waals surface area contributed by atoms with E-state index in [2.05, 4.69) is 0 Å². The summed E-state index contributed by atoms with van der Waals surface area (Å²) in [6, 6.07) is 5.24. The van der Waals surface area contributed by atoms with Gasteiger partial charge in [0.25, 0.3) is 0 Å². The van der Waals surface area contributed by atoms with Gasteiger partial charge in [-0.3, -0.25) is 4.90 Å². The Hall–Kier alpha value is -0.310. The summed E-state index contributed by atoms with van der Waals surface area (Å²) in [5.74, 6) is 0.186. The number of nitrogens with zero attached hydrogens (tertiary/aromatic N) is 1. The summed E-state index contributed by atoms with van der Waals surface area (Å²) in [5, 5.41) is 0.166. The Morgan fingerprint density at radius 3 is 2.73 bits per heavy atom. The summed E-state index contributed by atoms with van der Waals surface area (Å²) in [6.45, 7) is 2.51. The number of halogens is 3. The van der Waals surface area contributed by atoms with Crippen LogP contribution in [-0.4, -0.2) is 23.9 Å². The summed E-state index contributed by atoms with van der Waals surface area (Å²) in [4.78, 5) is 1.99. The fraction of sp³-hybridized carbons (Fsp3) is 0.455. The molecular formula is C11H14Cl2FN. The van der Waals surface area contributed by atoms with Crippen LogP contribution in [-0.2, 0) is 6.54 Å². The molecule has 0 heterocycles. The first-order valence-electron chi connectivity index (χ1n) is 4.75. The van der Waals surface area contributed by atoms with Gasteiger partial charge in [0, 0.05) is 24.0 Å². The largest absolute Gasteiger partial charge is 0.298 e. The van der Waals surface area contributed by atoms with Crippen LogP contribution in [0, 0.1) is 5.82 Å². The average Bonchev–Trinajstić information content (AvgIpc) is 2.23. The van der Waals surface area contributed by atoms with Crippen LogP contribution >= 0.6 is 23.2 Å². The third-order valence-corrected chi connectivity index (χ3v) is 3.17. The molecule has 1 nitrogen and oxygen atoms in total. The molecule has 0 fully saturated rings. The molecule has 84 valence electrons. The summed E-state index contributed by atoms with van der Waals surface area (Å²) < 4.78 is 13.5. The topological polar surface area (TPSA) is 3.24 Å². The first kappa shape index (κ1) is 12.8. The molecule has 0 radical (unpaired) electrons. The number of hydrogen-bond donors (Lipinski definition) is 0. The van der Waals surface area contributed by atoms with Crippen LogP contribution in [0.2, 0.25) is 5.02 Å². The lowest BCUT2D eigenvalue weighted by Crippen LogP contribution is -2.30. The van der Waals surface area contributed by atoms with Gasteiger partial charge < -0.3 is 0 Å². The van der Waals surface area contributed by atoms with Crippen LogP contribution in [0.5, 0.6) is 0 Å². The highest BCUT2D eigenvalue weighted by molar-refractivity contribution is 6.30. The highest BCUT2D eigenvalue weighted by atomic mass is 35.5. The molecule has 1 aromatic rings. The van der Waals surface area contributed by atoms with E-state index in [9.17, 15) is 4.39 Å². The highest BCUT2D eigenvalue weighted by Crippen LogP contribution is 2.19. The maximum absolute atomic E-state index is 13.5. The summed E-state index contributed by atoms with van der Waals surface area (Å²) in [6.07, 6.45) is 0. The van der Waals surface area contributed by atoms with Crippen LogP contribution in [0.25, 0.3) is 0 Å². The molecule has 0 aromatic heterocycles. The predicted molar refractivity (Wildman–Crippen MR) is 63.1 cm³/mol. The Kier molecular flexibility index (Phi) is 4.84. The van der Waals surface area contributed by atoms with Gasteiger partial charge in [-0.05, 0) is 20.0 Å². The molecule has 4 heteroatoms. The predicted octanol–water partition coefficient (Wildman–Crippen LogP) is 3.54. The van der Waals surface area contributed by atoms with Crippen molar-refractivity contribution in [1.29, 1.82) is 0 Å². The third kappa shape index (κ3) is 3.33. The Bertz CT molecular complexity index is 330. The first-order valence-corrected chi connectivity index (χ1v) is 5.66. The Morgan fingerprint density at radius 2 is 2.13 bits per heavy atom. The second kappa shape index (κ2) is 5.69. The quantitative estimate of drug-likeness (QED) is 0.739. The molecule has 1 rings (SSSR count). The van der Waals surface area contributed by atoms with Crippen molar-refractivity contribution in [1.82, 2.24) is 4.90 Å². The molecule has 1 atom stereocenters. The van der Waals surface area contributed by atoms with Gasteiger partial charge in [-0.25, -0.2) is 4.39 Å². The second-order valence-corrected chi connectivity index (χ2v) is 4.35. The van der Waals surface area contributed by atoms with Crippen molar-refractivity contribution in [2.24, 2.45) is 0 Å². The lowest BCUT2D eigenvalue weighted by atomic mass is 10.2. The van der Waals surface area contributed by atoms with E-state index in [4.69, 9.17) is 23.2 Å². The third-order valence-electron chi connectivity index (χ3n) is 2.43. The lowest BCUT2D eigenvalue weighted by molar-refractivity contribution is 0.265. The Balaban J connectivity index is 2.76. The van der Waals surface area contributed by atoms with E-state index in [1.165, 1.54) is 0 Å². The van der Waals surface area contributed by atoms with E-state index in [-0.39, 0.29) is 16.9 Å². The number of hydrogen-bond acceptors (Lipinski definition) is 1. The molecule has 0 aliphatic rings. The number of alkyl halides is 1. The molecule has 1 aromatic carbocycles. The maximum Gasteiger partial charge on any atom is 0.146 e. The molecular weight excluding hydrogens is 236 g/mol. The van der Waals surface area contributed by atoms with Crippen molar-refractivity contribution in [2.45, 2.75) is 19.5 Å². The van der Waals surface area contributed by atoms with E-state index in [0.29, 0.717) is 18.0 Å². The molecule has 0 spiro atoms. The smallest absolute Gasteiger partial charge is 0.146 e. The van der Waals surface area contributed by atoms with E-state index in [1.807, 2.05) is 18.9 Å². The standard InChI is InChI=1S/C11H14Cl2FN/c1-8(6-12)15(2)7-9-4-3-5-10(13)11(9)14/h3-5,8H,6-7H2,1-2H3. The maximum atomic E-state index is 13.5. The molecule has 1 unspecified atom stereocenters. The summed E-state index contributed by atoms with van der Waals surface area (Å²) in [5.41, 5.74) is 0.599. The van der Waals surface area contributed by atoms with E-state index < -0.39 is 0 Å². The van der Waals surface area contributed by atoms with E-state index in [1.54, 1.807) is 18.2 Å². The molecule has 0 aliphatic carbocycles.